The van der Waals surface area contributed by atoms with E-state index in [1.54, 1.807) is 19.5 Å². The van der Waals surface area contributed by atoms with Crippen LogP contribution in [0, 0.1) is 5.92 Å². The van der Waals surface area contributed by atoms with Gasteiger partial charge in [0, 0.05) is 60.0 Å². The maximum atomic E-state index is 14.0. The molecule has 0 aromatic carbocycles. The average Bonchev–Trinajstić information content (AvgIpc) is 4.01. The summed E-state index contributed by atoms with van der Waals surface area (Å²) >= 11 is 0. The molecule has 5 atom stereocenters. The summed E-state index contributed by atoms with van der Waals surface area (Å²) in [6.07, 6.45) is 10.9. The SMILES string of the molecule is COc1cc(C(=O)N2[C@H]3CC[C@@H]2[C@H](N)C3)cc2nc(-c3cc4ccc([C@@H](C)NC(=O)N[C@H](C)c5cccnc5)nc4n3CC3CC3)c(C3CC3)n12. The normalized spacial score (nSPS) is 22.4. The van der Waals surface area contributed by atoms with Gasteiger partial charge in [0.2, 0.25) is 0 Å². The highest BCUT2D eigenvalue weighted by Crippen LogP contribution is 2.47. The Balaban J connectivity index is 1.07. The third kappa shape index (κ3) is 5.69. The van der Waals surface area contributed by atoms with Gasteiger partial charge in [-0.2, -0.15) is 0 Å². The van der Waals surface area contributed by atoms with Crippen LogP contribution in [0.5, 0.6) is 5.88 Å². The molecule has 2 bridgehead atoms. The van der Waals surface area contributed by atoms with Crippen LogP contribution in [0.3, 0.4) is 0 Å². The molecule has 0 spiro atoms. The maximum absolute atomic E-state index is 14.0. The predicted molar refractivity (Wildman–Crippen MR) is 193 cm³/mol. The molecule has 4 N–H and O–H groups in total. The largest absolute Gasteiger partial charge is 0.482 e. The number of carbonyl (C=O) groups excluding carboxylic acids is 2. The van der Waals surface area contributed by atoms with E-state index in [0.29, 0.717) is 28.9 Å². The molecule has 5 aromatic rings. The summed E-state index contributed by atoms with van der Waals surface area (Å²) in [5, 5.41) is 7.11. The van der Waals surface area contributed by atoms with Crippen LogP contribution in [0.15, 0.2) is 54.9 Å². The molecule has 2 saturated heterocycles. The molecular formula is C39H45N9O3. The van der Waals surface area contributed by atoms with Gasteiger partial charge in [0.25, 0.3) is 5.91 Å². The van der Waals surface area contributed by atoms with E-state index >= 15 is 0 Å². The van der Waals surface area contributed by atoms with Crippen LogP contribution in [-0.2, 0) is 6.54 Å². The molecule has 2 aliphatic heterocycles. The lowest BCUT2D eigenvalue weighted by atomic mass is 9.97. The van der Waals surface area contributed by atoms with E-state index in [4.69, 9.17) is 20.4 Å². The fourth-order valence-corrected chi connectivity index (χ4v) is 8.40. The molecule has 264 valence electrons. The number of fused-ring (bicyclic) bond motifs is 4. The first-order valence-electron chi connectivity index (χ1n) is 18.4. The zero-order valence-corrected chi connectivity index (χ0v) is 29.4. The summed E-state index contributed by atoms with van der Waals surface area (Å²) in [7, 11) is 1.67. The van der Waals surface area contributed by atoms with Gasteiger partial charge >= 0.3 is 6.03 Å². The van der Waals surface area contributed by atoms with Crippen molar-refractivity contribution < 1.29 is 14.3 Å². The minimum absolute atomic E-state index is 0.0105. The van der Waals surface area contributed by atoms with Crippen molar-refractivity contribution in [2.24, 2.45) is 11.7 Å². The molecule has 0 radical (unpaired) electrons. The van der Waals surface area contributed by atoms with E-state index in [0.717, 1.165) is 78.0 Å². The van der Waals surface area contributed by atoms with Crippen molar-refractivity contribution in [1.82, 2.24) is 39.5 Å². The van der Waals surface area contributed by atoms with E-state index in [9.17, 15) is 9.59 Å². The lowest BCUT2D eigenvalue weighted by Crippen LogP contribution is -2.40. The van der Waals surface area contributed by atoms with Crippen molar-refractivity contribution in [1.29, 1.82) is 0 Å². The van der Waals surface area contributed by atoms with Crippen molar-refractivity contribution in [3.8, 4) is 17.3 Å². The minimum atomic E-state index is -0.318. The molecule has 9 rings (SSSR count). The molecule has 0 unspecified atom stereocenters. The molecule has 7 heterocycles. The predicted octanol–water partition coefficient (Wildman–Crippen LogP) is 5.87. The average molecular weight is 688 g/mol. The molecule has 51 heavy (non-hydrogen) atoms. The van der Waals surface area contributed by atoms with Crippen molar-refractivity contribution in [3.05, 3.63) is 77.4 Å². The van der Waals surface area contributed by atoms with Crippen LogP contribution in [-0.4, -0.2) is 66.0 Å². The highest BCUT2D eigenvalue weighted by Gasteiger charge is 2.47. The number of ether oxygens (including phenoxy) is 1. The summed E-state index contributed by atoms with van der Waals surface area (Å²) in [6.45, 7) is 4.74. The molecule has 12 nitrogen and oxygen atoms in total. The Bertz CT molecular complexity index is 2150. The van der Waals surface area contributed by atoms with Crippen molar-refractivity contribution >= 4 is 28.6 Å². The zero-order chi connectivity index (χ0) is 35.0. The van der Waals surface area contributed by atoms with Crippen LogP contribution in [0.1, 0.15) is 104 Å². The smallest absolute Gasteiger partial charge is 0.315 e. The molecule has 4 aliphatic rings. The van der Waals surface area contributed by atoms with E-state index in [1.165, 1.54) is 12.8 Å². The molecule has 12 heteroatoms. The molecule has 5 aromatic heterocycles. The maximum Gasteiger partial charge on any atom is 0.315 e. The van der Waals surface area contributed by atoms with Gasteiger partial charge in [-0.3, -0.25) is 14.2 Å². The number of carbonyl (C=O) groups is 2. The Hall–Kier alpha value is -4.97. The third-order valence-electron chi connectivity index (χ3n) is 11.4. The monoisotopic (exact) mass is 687 g/mol. The van der Waals surface area contributed by atoms with Crippen LogP contribution < -0.4 is 21.1 Å². The zero-order valence-electron chi connectivity index (χ0n) is 29.4. The first-order chi connectivity index (χ1) is 24.8. The summed E-state index contributed by atoms with van der Waals surface area (Å²) in [6, 6.07) is 13.5. The van der Waals surface area contributed by atoms with Crippen LogP contribution in [0.4, 0.5) is 4.79 Å². The van der Waals surface area contributed by atoms with Gasteiger partial charge in [-0.1, -0.05) is 6.07 Å². The highest BCUT2D eigenvalue weighted by molar-refractivity contribution is 5.97. The number of pyridine rings is 3. The van der Waals surface area contributed by atoms with Crippen LogP contribution in [0.25, 0.3) is 28.1 Å². The number of methoxy groups -OCH3 is 1. The van der Waals surface area contributed by atoms with Gasteiger partial charge in [0.15, 0.2) is 5.88 Å². The first-order valence-corrected chi connectivity index (χ1v) is 18.4. The second-order valence-electron chi connectivity index (χ2n) is 15.1. The molecule has 4 fully saturated rings. The minimum Gasteiger partial charge on any atom is -0.482 e. The summed E-state index contributed by atoms with van der Waals surface area (Å²) in [4.78, 5) is 43.6. The second kappa shape index (κ2) is 12.4. The summed E-state index contributed by atoms with van der Waals surface area (Å²) in [5.41, 5.74) is 13.4. The number of urea groups is 1. The van der Waals surface area contributed by atoms with Crippen molar-refractivity contribution in [2.45, 2.75) is 101 Å². The number of amides is 3. The fourth-order valence-electron chi connectivity index (χ4n) is 8.40. The van der Waals surface area contributed by atoms with Gasteiger partial charge in [-0.15, -0.1) is 0 Å². The van der Waals surface area contributed by atoms with Gasteiger partial charge < -0.3 is 30.6 Å². The topological polar surface area (TPSA) is 145 Å². The fraction of sp³-hybridized carbons (Fsp3) is 0.462. The van der Waals surface area contributed by atoms with Crippen molar-refractivity contribution in [2.75, 3.05) is 7.11 Å². The summed E-state index contributed by atoms with van der Waals surface area (Å²) < 4.78 is 10.4. The number of rotatable bonds is 10. The second-order valence-corrected chi connectivity index (χ2v) is 15.1. The number of nitrogens with two attached hydrogens (primary N) is 1. The van der Waals surface area contributed by atoms with Gasteiger partial charge in [-0.05, 0) is 101 Å². The molecule has 2 aliphatic carbocycles. The van der Waals surface area contributed by atoms with Gasteiger partial charge in [0.05, 0.1) is 36.3 Å². The number of aromatic nitrogens is 5. The number of hydrogen-bond donors (Lipinski definition) is 3. The Morgan fingerprint density at radius 1 is 1.00 bits per heavy atom. The van der Waals surface area contributed by atoms with E-state index in [-0.39, 0.29) is 42.1 Å². The lowest BCUT2D eigenvalue weighted by molar-refractivity contribution is 0.0726. The molecule has 3 amide bonds. The Labute approximate surface area is 296 Å². The quantitative estimate of drug-likeness (QED) is 0.167. The number of nitrogens with one attached hydrogen (secondary N) is 2. The highest BCUT2D eigenvalue weighted by atomic mass is 16.5. The molecule has 2 saturated carbocycles. The van der Waals surface area contributed by atoms with Crippen LogP contribution in [0.2, 0.25) is 0 Å². The van der Waals surface area contributed by atoms with Crippen LogP contribution >= 0.6 is 0 Å². The Kier molecular flexibility index (Phi) is 7.75. The summed E-state index contributed by atoms with van der Waals surface area (Å²) in [5.74, 6) is 1.57. The van der Waals surface area contributed by atoms with Crippen molar-refractivity contribution in [3.63, 3.8) is 0 Å². The standard InChI is InChI=1S/C39H45N9O3/c1-21(26-5-4-14-41-19-26)42-39(50)43-22(2)30-12-10-25-15-32(46(37(25)44-30)20-23-6-7-23)35-36(24-8-9-24)48-33(45-35)16-27(17-34(48)51-3)38(49)47-28-11-13-31(47)29(40)18-28/h4-5,10,12,14-17,19,21-24,28-29,31H,6-9,11,13,18,20,40H2,1-3H3,(H2,42,43,50)/t21-,22-,28+,29-,31-/m1/s1. The van der Waals surface area contributed by atoms with E-state index < -0.39 is 0 Å². The van der Waals surface area contributed by atoms with E-state index in [1.807, 2.05) is 49.1 Å². The first kappa shape index (κ1) is 32.0. The lowest BCUT2D eigenvalue weighted by Gasteiger charge is -2.23. The number of imidazole rings is 1. The Morgan fingerprint density at radius 2 is 1.82 bits per heavy atom. The van der Waals surface area contributed by atoms with Gasteiger partial charge in [-0.25, -0.2) is 14.8 Å². The number of hydrogen-bond acceptors (Lipinski definition) is 7. The molecular weight excluding hydrogens is 642 g/mol. The van der Waals surface area contributed by atoms with E-state index in [2.05, 4.69) is 36.7 Å². The van der Waals surface area contributed by atoms with Gasteiger partial charge in [0.1, 0.15) is 17.0 Å². The third-order valence-corrected chi connectivity index (χ3v) is 11.4. The number of nitrogens with zero attached hydrogens (tertiary/aromatic N) is 6. The Morgan fingerprint density at radius 3 is 2.51 bits per heavy atom.